The summed E-state index contributed by atoms with van der Waals surface area (Å²) in [5.41, 5.74) is -0.388. The molecule has 3 rings (SSSR count). The highest BCUT2D eigenvalue weighted by Gasteiger charge is 2.35. The van der Waals surface area contributed by atoms with E-state index >= 15 is 0 Å². The summed E-state index contributed by atoms with van der Waals surface area (Å²) in [6.07, 6.45) is 1.55. The number of amides is 1. The molecule has 2 aromatic heterocycles. The number of carbonyl (C=O) groups is 1. The molecule has 1 saturated carbocycles. The van der Waals surface area contributed by atoms with Gasteiger partial charge in [-0.05, 0) is 31.9 Å². The summed E-state index contributed by atoms with van der Waals surface area (Å²) in [7, 11) is 0. The van der Waals surface area contributed by atoms with E-state index in [1.807, 2.05) is 6.26 Å². The monoisotopic (exact) mass is 444 g/mol. The quantitative estimate of drug-likeness (QED) is 0.658. The Morgan fingerprint density at radius 2 is 2.13 bits per heavy atom. The van der Waals surface area contributed by atoms with E-state index in [1.165, 1.54) is 24.0 Å². The topological polar surface area (TPSA) is 90.1 Å². The number of aryl methyl sites for hydroxylation is 1. The van der Waals surface area contributed by atoms with Crippen LogP contribution in [0.15, 0.2) is 16.8 Å². The molecule has 11 heteroatoms. The second-order valence-electron chi connectivity index (χ2n) is 7.50. The van der Waals surface area contributed by atoms with Gasteiger partial charge in [0.15, 0.2) is 12.4 Å². The van der Waals surface area contributed by atoms with Crippen LogP contribution in [0, 0.1) is 6.92 Å². The predicted molar refractivity (Wildman–Crippen MR) is 105 cm³/mol. The second kappa shape index (κ2) is 8.83. The van der Waals surface area contributed by atoms with Crippen molar-refractivity contribution < 1.29 is 27.2 Å². The number of hydrogen-bond acceptors (Lipinski definition) is 7. The van der Waals surface area contributed by atoms with Crippen molar-refractivity contribution in [2.45, 2.75) is 50.7 Å². The van der Waals surface area contributed by atoms with Crippen molar-refractivity contribution in [1.29, 1.82) is 0 Å². The molecule has 1 amide bonds. The van der Waals surface area contributed by atoms with E-state index < -0.39 is 24.2 Å². The Balaban J connectivity index is 1.85. The molecule has 2 aromatic rings. The van der Waals surface area contributed by atoms with Crippen LogP contribution in [0.3, 0.4) is 0 Å². The van der Waals surface area contributed by atoms with Crippen molar-refractivity contribution in [2.75, 3.05) is 18.6 Å². The average molecular weight is 444 g/mol. The summed E-state index contributed by atoms with van der Waals surface area (Å²) in [6, 6.07) is 1.27. The van der Waals surface area contributed by atoms with Gasteiger partial charge in [0.25, 0.3) is 5.91 Å². The van der Waals surface area contributed by atoms with E-state index in [0.29, 0.717) is 23.0 Å². The number of hydrogen-bond donors (Lipinski definition) is 1. The molecule has 1 aliphatic rings. The summed E-state index contributed by atoms with van der Waals surface area (Å²) in [4.78, 5) is 21.3. The van der Waals surface area contributed by atoms with Gasteiger partial charge in [0.2, 0.25) is 5.89 Å². The van der Waals surface area contributed by atoms with Crippen LogP contribution >= 0.6 is 11.8 Å². The summed E-state index contributed by atoms with van der Waals surface area (Å²) < 4.78 is 48.1. The Bertz CT molecular complexity index is 901. The zero-order valence-electron chi connectivity index (χ0n) is 16.9. The number of rotatable bonds is 8. The van der Waals surface area contributed by atoms with Crippen LogP contribution in [0.4, 0.5) is 13.2 Å². The second-order valence-corrected chi connectivity index (χ2v) is 8.36. The number of nitrogens with zero attached hydrogens (tertiary/aromatic N) is 3. The number of aromatic nitrogens is 3. The highest BCUT2D eigenvalue weighted by molar-refractivity contribution is 7.98. The first kappa shape index (κ1) is 22.4. The SMILES string of the molecule is CSCC(C)(NC(=O)c1cc(OCC(F)(F)F)c(C2CCC2)cn1)c1noc(C)n1. The maximum absolute atomic E-state index is 12.9. The molecule has 0 aromatic carbocycles. The maximum Gasteiger partial charge on any atom is 0.422 e. The minimum absolute atomic E-state index is 0.0391. The molecule has 1 atom stereocenters. The largest absolute Gasteiger partial charge is 0.484 e. The van der Waals surface area contributed by atoms with Crippen LogP contribution < -0.4 is 10.1 Å². The van der Waals surface area contributed by atoms with Gasteiger partial charge >= 0.3 is 6.18 Å². The molecular formula is C19H23F3N4O3S. The molecule has 1 unspecified atom stereocenters. The number of thioether (sulfide) groups is 1. The molecule has 1 aliphatic carbocycles. The van der Waals surface area contributed by atoms with Crippen LogP contribution in [0.5, 0.6) is 5.75 Å². The third-order valence-electron chi connectivity index (χ3n) is 4.91. The molecule has 2 heterocycles. The Morgan fingerprint density at radius 3 is 2.67 bits per heavy atom. The first-order valence-corrected chi connectivity index (χ1v) is 10.8. The molecule has 0 saturated heterocycles. The number of ether oxygens (including phenoxy) is 1. The summed E-state index contributed by atoms with van der Waals surface area (Å²) in [5.74, 6) is 0.696. The lowest BCUT2D eigenvalue weighted by molar-refractivity contribution is -0.153. The van der Waals surface area contributed by atoms with Gasteiger partial charge in [-0.1, -0.05) is 11.6 Å². The van der Waals surface area contributed by atoms with Crippen molar-refractivity contribution in [3.63, 3.8) is 0 Å². The molecule has 0 aliphatic heterocycles. The zero-order chi connectivity index (χ0) is 21.9. The van der Waals surface area contributed by atoms with E-state index in [4.69, 9.17) is 9.26 Å². The third kappa shape index (κ3) is 5.24. The summed E-state index contributed by atoms with van der Waals surface area (Å²) in [5, 5.41) is 6.73. The fourth-order valence-corrected chi connectivity index (χ4v) is 3.94. The van der Waals surface area contributed by atoms with Gasteiger partial charge in [0.05, 0.1) is 0 Å². The van der Waals surface area contributed by atoms with E-state index in [2.05, 4.69) is 20.4 Å². The van der Waals surface area contributed by atoms with Crippen LogP contribution in [-0.4, -0.2) is 45.8 Å². The first-order chi connectivity index (χ1) is 14.1. The molecule has 164 valence electrons. The molecule has 0 radical (unpaired) electrons. The molecule has 30 heavy (non-hydrogen) atoms. The van der Waals surface area contributed by atoms with Gasteiger partial charge < -0.3 is 14.6 Å². The lowest BCUT2D eigenvalue weighted by Crippen LogP contribution is -2.46. The standard InChI is InChI=1S/C19H23F3N4O3S/c1-11-24-17(26-29-11)18(2,10-30-3)25-16(27)14-7-15(28-9-19(20,21)22)13(8-23-14)12-5-4-6-12/h7-8,12H,4-6,9-10H2,1-3H3,(H,25,27). The molecular weight excluding hydrogens is 421 g/mol. The molecule has 1 fully saturated rings. The zero-order valence-corrected chi connectivity index (χ0v) is 17.7. The Hall–Kier alpha value is -2.30. The molecule has 7 nitrogen and oxygen atoms in total. The summed E-state index contributed by atoms with van der Waals surface area (Å²) >= 11 is 1.47. The van der Waals surface area contributed by atoms with Crippen molar-refractivity contribution in [2.24, 2.45) is 0 Å². The Kier molecular flexibility index (Phi) is 6.59. The third-order valence-corrected chi connectivity index (χ3v) is 5.77. The van der Waals surface area contributed by atoms with Crippen molar-refractivity contribution in [3.8, 4) is 5.75 Å². The Labute approximate surface area is 176 Å². The van der Waals surface area contributed by atoms with E-state index in [1.54, 1.807) is 13.8 Å². The predicted octanol–water partition coefficient (Wildman–Crippen LogP) is 3.99. The summed E-state index contributed by atoms with van der Waals surface area (Å²) in [6.45, 7) is 1.96. The van der Waals surface area contributed by atoms with E-state index in [0.717, 1.165) is 19.3 Å². The van der Waals surface area contributed by atoms with E-state index in [-0.39, 0.29) is 17.4 Å². The van der Waals surface area contributed by atoms with E-state index in [9.17, 15) is 18.0 Å². The number of halogens is 3. The number of carbonyl (C=O) groups excluding carboxylic acids is 1. The van der Waals surface area contributed by atoms with Crippen molar-refractivity contribution in [1.82, 2.24) is 20.4 Å². The minimum Gasteiger partial charge on any atom is -0.484 e. The lowest BCUT2D eigenvalue weighted by atomic mass is 9.80. The smallest absolute Gasteiger partial charge is 0.422 e. The van der Waals surface area contributed by atoms with Crippen LogP contribution in [0.1, 0.15) is 59.9 Å². The molecule has 0 spiro atoms. The van der Waals surface area contributed by atoms with Gasteiger partial charge in [-0.25, -0.2) is 0 Å². The number of nitrogens with one attached hydrogen (secondary N) is 1. The number of alkyl halides is 3. The van der Waals surface area contributed by atoms with Gasteiger partial charge in [-0.15, -0.1) is 0 Å². The highest BCUT2D eigenvalue weighted by Crippen LogP contribution is 2.41. The maximum atomic E-state index is 12.9. The first-order valence-electron chi connectivity index (χ1n) is 9.43. The van der Waals surface area contributed by atoms with Crippen molar-refractivity contribution in [3.05, 3.63) is 35.2 Å². The van der Waals surface area contributed by atoms with Gasteiger partial charge in [-0.2, -0.15) is 29.9 Å². The van der Waals surface area contributed by atoms with Crippen molar-refractivity contribution >= 4 is 17.7 Å². The van der Waals surface area contributed by atoms with Crippen LogP contribution in [-0.2, 0) is 5.54 Å². The van der Waals surface area contributed by atoms with Crippen LogP contribution in [0.2, 0.25) is 0 Å². The molecule has 0 bridgehead atoms. The van der Waals surface area contributed by atoms with Gasteiger partial charge in [-0.3, -0.25) is 9.78 Å². The molecule has 1 N–H and O–H groups in total. The van der Waals surface area contributed by atoms with Gasteiger partial charge in [0.1, 0.15) is 17.0 Å². The van der Waals surface area contributed by atoms with Crippen LogP contribution in [0.25, 0.3) is 0 Å². The average Bonchev–Trinajstić information content (AvgIpc) is 3.06. The normalized spacial score (nSPS) is 16.6. The fraction of sp³-hybridized carbons (Fsp3) is 0.579. The lowest BCUT2D eigenvalue weighted by Gasteiger charge is -2.28. The highest BCUT2D eigenvalue weighted by atomic mass is 32.2. The fourth-order valence-electron chi connectivity index (χ4n) is 3.17. The minimum atomic E-state index is -4.48. The number of pyridine rings is 1. The Morgan fingerprint density at radius 1 is 1.40 bits per heavy atom. The van der Waals surface area contributed by atoms with Gasteiger partial charge in [0, 0.05) is 30.5 Å².